The second-order valence-corrected chi connectivity index (χ2v) is 6.36. The molecule has 0 aromatic heterocycles. The van der Waals surface area contributed by atoms with Crippen LogP contribution in [0.5, 0.6) is 0 Å². The lowest BCUT2D eigenvalue weighted by Crippen LogP contribution is -2.49. The summed E-state index contributed by atoms with van der Waals surface area (Å²) in [4.78, 5) is 14.5. The van der Waals surface area contributed by atoms with Crippen molar-refractivity contribution in [1.29, 1.82) is 0 Å². The number of carbonyl (C=O) groups is 1. The van der Waals surface area contributed by atoms with Crippen molar-refractivity contribution in [2.45, 2.75) is 31.8 Å². The topological polar surface area (TPSA) is 44.4 Å². The van der Waals surface area contributed by atoms with Gasteiger partial charge in [-0.1, -0.05) is 30.3 Å². The van der Waals surface area contributed by atoms with Gasteiger partial charge in [-0.15, -0.1) is 0 Å². The third kappa shape index (κ3) is 4.29. The Morgan fingerprint density at radius 2 is 2.10 bits per heavy atom. The molecule has 1 unspecified atom stereocenters. The molecule has 0 spiro atoms. The van der Waals surface area contributed by atoms with Crippen molar-refractivity contribution in [2.24, 2.45) is 5.92 Å². The minimum Gasteiger partial charge on any atom is -0.352 e. The van der Waals surface area contributed by atoms with Crippen LogP contribution in [0.4, 0.5) is 0 Å². The number of piperidine rings is 1. The van der Waals surface area contributed by atoms with Crippen LogP contribution >= 0.6 is 0 Å². The predicted molar refractivity (Wildman–Crippen MR) is 83.9 cm³/mol. The Balaban J connectivity index is 1.45. The Kier molecular flexibility index (Phi) is 4.88. The first kappa shape index (κ1) is 14.5. The molecule has 2 saturated heterocycles. The number of carbonyl (C=O) groups excluding carboxylic acids is 1. The van der Waals surface area contributed by atoms with Crippen molar-refractivity contribution in [1.82, 2.24) is 15.5 Å². The lowest BCUT2D eigenvalue weighted by atomic mass is 9.98. The van der Waals surface area contributed by atoms with E-state index < -0.39 is 0 Å². The first-order valence-corrected chi connectivity index (χ1v) is 8.06. The Labute approximate surface area is 126 Å². The van der Waals surface area contributed by atoms with E-state index in [9.17, 15) is 4.79 Å². The molecule has 21 heavy (non-hydrogen) atoms. The molecule has 4 heteroatoms. The van der Waals surface area contributed by atoms with Crippen molar-refractivity contribution in [3.63, 3.8) is 0 Å². The highest BCUT2D eigenvalue weighted by atomic mass is 16.1. The van der Waals surface area contributed by atoms with Gasteiger partial charge in [0.15, 0.2) is 0 Å². The fourth-order valence-electron chi connectivity index (χ4n) is 3.20. The third-order valence-corrected chi connectivity index (χ3v) is 4.46. The molecule has 1 aromatic carbocycles. The molecule has 1 atom stereocenters. The molecule has 0 saturated carbocycles. The highest BCUT2D eigenvalue weighted by Crippen LogP contribution is 2.15. The number of hydrogen-bond acceptors (Lipinski definition) is 3. The van der Waals surface area contributed by atoms with Crippen molar-refractivity contribution in [3.05, 3.63) is 35.9 Å². The van der Waals surface area contributed by atoms with Gasteiger partial charge in [-0.05, 0) is 44.0 Å². The zero-order valence-corrected chi connectivity index (χ0v) is 12.6. The monoisotopic (exact) mass is 287 g/mol. The molecule has 114 valence electrons. The van der Waals surface area contributed by atoms with Gasteiger partial charge in [-0.25, -0.2) is 0 Å². The van der Waals surface area contributed by atoms with E-state index >= 15 is 0 Å². The van der Waals surface area contributed by atoms with E-state index in [-0.39, 0.29) is 5.91 Å². The van der Waals surface area contributed by atoms with Gasteiger partial charge in [0, 0.05) is 25.6 Å². The van der Waals surface area contributed by atoms with Gasteiger partial charge >= 0.3 is 0 Å². The van der Waals surface area contributed by atoms with Crippen molar-refractivity contribution in [3.8, 4) is 0 Å². The molecule has 2 aliphatic rings. The molecule has 2 heterocycles. The molecular weight excluding hydrogens is 262 g/mol. The molecule has 2 fully saturated rings. The van der Waals surface area contributed by atoms with Gasteiger partial charge in [0.25, 0.3) is 0 Å². The van der Waals surface area contributed by atoms with Crippen LogP contribution in [0.15, 0.2) is 30.3 Å². The van der Waals surface area contributed by atoms with Crippen LogP contribution in [-0.2, 0) is 11.3 Å². The smallest absolute Gasteiger partial charge is 0.220 e. The lowest BCUT2D eigenvalue weighted by Gasteiger charge is -2.34. The maximum atomic E-state index is 12.0. The van der Waals surface area contributed by atoms with Crippen LogP contribution in [0.25, 0.3) is 0 Å². The standard InChI is InChI=1S/C17H25N3O/c21-17(9-15-10-18-11-15)19-16-7-4-8-20(13-16)12-14-5-2-1-3-6-14/h1-3,5-6,15-16,18H,4,7-13H2,(H,19,21). The highest BCUT2D eigenvalue weighted by Gasteiger charge is 2.24. The summed E-state index contributed by atoms with van der Waals surface area (Å²) in [6, 6.07) is 10.9. The van der Waals surface area contributed by atoms with Crippen LogP contribution in [-0.4, -0.2) is 43.0 Å². The fourth-order valence-corrected chi connectivity index (χ4v) is 3.20. The van der Waals surface area contributed by atoms with Crippen LogP contribution < -0.4 is 10.6 Å². The van der Waals surface area contributed by atoms with Crippen LogP contribution in [0.3, 0.4) is 0 Å². The Bertz CT molecular complexity index is 458. The summed E-state index contributed by atoms with van der Waals surface area (Å²) in [5.74, 6) is 0.780. The Morgan fingerprint density at radius 1 is 1.29 bits per heavy atom. The second-order valence-electron chi connectivity index (χ2n) is 6.36. The first-order valence-electron chi connectivity index (χ1n) is 8.06. The molecule has 2 aliphatic heterocycles. The second kappa shape index (κ2) is 7.05. The van der Waals surface area contributed by atoms with E-state index in [2.05, 4.69) is 45.9 Å². The summed E-state index contributed by atoms with van der Waals surface area (Å²) >= 11 is 0. The number of nitrogens with zero attached hydrogens (tertiary/aromatic N) is 1. The predicted octanol–water partition coefficient (Wildman–Crippen LogP) is 1.38. The maximum absolute atomic E-state index is 12.0. The van der Waals surface area contributed by atoms with Gasteiger partial charge in [0.2, 0.25) is 5.91 Å². The normalized spacial score (nSPS) is 23.5. The zero-order valence-electron chi connectivity index (χ0n) is 12.6. The number of likely N-dealkylation sites (tertiary alicyclic amines) is 1. The summed E-state index contributed by atoms with van der Waals surface area (Å²) < 4.78 is 0. The SMILES string of the molecule is O=C(CC1CNC1)NC1CCCN(Cc2ccccc2)C1. The van der Waals surface area contributed by atoms with Crippen LogP contribution in [0.2, 0.25) is 0 Å². The van der Waals surface area contributed by atoms with E-state index in [0.29, 0.717) is 18.4 Å². The summed E-state index contributed by atoms with van der Waals surface area (Å²) in [7, 11) is 0. The molecule has 3 rings (SSSR count). The first-order chi connectivity index (χ1) is 10.3. The highest BCUT2D eigenvalue weighted by molar-refractivity contribution is 5.76. The van der Waals surface area contributed by atoms with Crippen molar-refractivity contribution in [2.75, 3.05) is 26.2 Å². The molecule has 0 aliphatic carbocycles. The number of amides is 1. The fraction of sp³-hybridized carbons (Fsp3) is 0.588. The molecule has 0 bridgehead atoms. The molecular formula is C17H25N3O. The molecule has 1 amide bonds. The maximum Gasteiger partial charge on any atom is 0.220 e. The summed E-state index contributed by atoms with van der Waals surface area (Å²) in [6.07, 6.45) is 2.96. The van der Waals surface area contributed by atoms with Gasteiger partial charge in [-0.2, -0.15) is 0 Å². The Hall–Kier alpha value is -1.39. The molecule has 1 aromatic rings. The average Bonchev–Trinajstić information content (AvgIpc) is 2.44. The summed E-state index contributed by atoms with van der Waals surface area (Å²) in [6.45, 7) is 5.09. The van der Waals surface area contributed by atoms with E-state index in [1.54, 1.807) is 0 Å². The lowest BCUT2D eigenvalue weighted by molar-refractivity contribution is -0.123. The van der Waals surface area contributed by atoms with Gasteiger partial charge in [-0.3, -0.25) is 9.69 Å². The van der Waals surface area contributed by atoms with Crippen LogP contribution in [0, 0.1) is 5.92 Å². The number of benzene rings is 1. The van der Waals surface area contributed by atoms with E-state index in [4.69, 9.17) is 0 Å². The van der Waals surface area contributed by atoms with E-state index in [1.807, 2.05) is 0 Å². The molecule has 2 N–H and O–H groups in total. The molecule has 4 nitrogen and oxygen atoms in total. The van der Waals surface area contributed by atoms with E-state index in [1.165, 1.54) is 12.0 Å². The van der Waals surface area contributed by atoms with E-state index in [0.717, 1.165) is 39.1 Å². The van der Waals surface area contributed by atoms with Crippen molar-refractivity contribution < 1.29 is 4.79 Å². The largest absolute Gasteiger partial charge is 0.352 e. The van der Waals surface area contributed by atoms with Crippen molar-refractivity contribution >= 4 is 5.91 Å². The minimum absolute atomic E-state index is 0.230. The summed E-state index contributed by atoms with van der Waals surface area (Å²) in [5, 5.41) is 6.44. The van der Waals surface area contributed by atoms with Crippen LogP contribution in [0.1, 0.15) is 24.8 Å². The molecule has 0 radical (unpaired) electrons. The van der Waals surface area contributed by atoms with Gasteiger partial charge < -0.3 is 10.6 Å². The number of rotatable bonds is 5. The van der Waals surface area contributed by atoms with Gasteiger partial charge in [0.1, 0.15) is 0 Å². The quantitative estimate of drug-likeness (QED) is 0.860. The third-order valence-electron chi connectivity index (χ3n) is 4.46. The van der Waals surface area contributed by atoms with Gasteiger partial charge in [0.05, 0.1) is 0 Å². The number of nitrogens with one attached hydrogen (secondary N) is 2. The zero-order chi connectivity index (χ0) is 14.5. The minimum atomic E-state index is 0.230. The summed E-state index contributed by atoms with van der Waals surface area (Å²) in [5.41, 5.74) is 1.35. The Morgan fingerprint density at radius 3 is 2.81 bits per heavy atom. The average molecular weight is 287 g/mol. The number of hydrogen-bond donors (Lipinski definition) is 2.